The molecule has 0 spiro atoms. The lowest BCUT2D eigenvalue weighted by Crippen LogP contribution is -2.17. The molecule has 19 heavy (non-hydrogen) atoms. The van der Waals surface area contributed by atoms with Gasteiger partial charge < -0.3 is 10.0 Å². The van der Waals surface area contributed by atoms with Crippen LogP contribution in [0.25, 0.3) is 0 Å². The van der Waals surface area contributed by atoms with Gasteiger partial charge in [-0.05, 0) is 50.8 Å². The number of phenolic OH excluding ortho intramolecular Hbond substituents is 1. The van der Waals surface area contributed by atoms with E-state index in [-0.39, 0.29) is 0 Å². The largest absolute Gasteiger partial charge is 0.508 e. The molecule has 0 aromatic heterocycles. The standard InChI is InChI=1S/C16H19NOS/c1-12(17(2)3)15-9-4-5-10-16(15)19-14-8-6-7-13(18)11-14/h4-12,18H,1-3H3/t12-/m1/s1. The lowest BCUT2D eigenvalue weighted by molar-refractivity contribution is 0.317. The molecule has 0 bridgehead atoms. The Bertz CT molecular complexity index is 554. The molecule has 0 heterocycles. The quantitative estimate of drug-likeness (QED) is 0.904. The summed E-state index contributed by atoms with van der Waals surface area (Å²) in [7, 11) is 4.17. The lowest BCUT2D eigenvalue weighted by atomic mass is 10.1. The molecule has 0 saturated heterocycles. The maximum absolute atomic E-state index is 9.54. The fourth-order valence-electron chi connectivity index (χ4n) is 1.87. The fourth-order valence-corrected chi connectivity index (χ4v) is 2.95. The van der Waals surface area contributed by atoms with Crippen LogP contribution in [0.5, 0.6) is 5.75 Å². The van der Waals surface area contributed by atoms with Crippen molar-refractivity contribution in [2.45, 2.75) is 22.8 Å². The molecule has 2 aromatic carbocycles. The number of rotatable bonds is 4. The van der Waals surface area contributed by atoms with E-state index in [2.05, 4.69) is 50.2 Å². The Morgan fingerprint density at radius 3 is 2.47 bits per heavy atom. The normalized spacial score (nSPS) is 12.6. The van der Waals surface area contributed by atoms with Gasteiger partial charge in [0.2, 0.25) is 0 Å². The van der Waals surface area contributed by atoms with Gasteiger partial charge in [0.1, 0.15) is 5.75 Å². The first-order chi connectivity index (χ1) is 9.08. The summed E-state index contributed by atoms with van der Waals surface area (Å²) in [4.78, 5) is 4.48. The lowest BCUT2D eigenvalue weighted by Gasteiger charge is -2.22. The van der Waals surface area contributed by atoms with Crippen LogP contribution < -0.4 is 0 Å². The molecule has 100 valence electrons. The number of aromatic hydroxyl groups is 1. The summed E-state index contributed by atoms with van der Waals surface area (Å²) in [5, 5.41) is 9.54. The number of hydrogen-bond donors (Lipinski definition) is 1. The van der Waals surface area contributed by atoms with Crippen LogP contribution in [0.4, 0.5) is 0 Å². The van der Waals surface area contributed by atoms with Crippen LogP contribution in [0.3, 0.4) is 0 Å². The van der Waals surface area contributed by atoms with Crippen molar-refractivity contribution in [1.82, 2.24) is 4.90 Å². The number of phenols is 1. The zero-order valence-corrected chi connectivity index (χ0v) is 12.3. The SMILES string of the molecule is C[C@H](c1ccccc1Sc1cccc(O)c1)N(C)C. The van der Waals surface area contributed by atoms with Crippen LogP contribution in [0.15, 0.2) is 58.3 Å². The average Bonchev–Trinajstić information content (AvgIpc) is 2.38. The third kappa shape index (κ3) is 3.52. The van der Waals surface area contributed by atoms with Crippen molar-refractivity contribution in [2.24, 2.45) is 0 Å². The topological polar surface area (TPSA) is 23.5 Å². The highest BCUT2D eigenvalue weighted by Gasteiger charge is 2.12. The fraction of sp³-hybridized carbons (Fsp3) is 0.250. The summed E-state index contributed by atoms with van der Waals surface area (Å²) in [5.74, 6) is 0.308. The van der Waals surface area contributed by atoms with Gasteiger partial charge >= 0.3 is 0 Å². The molecule has 0 unspecified atom stereocenters. The maximum atomic E-state index is 9.54. The van der Waals surface area contributed by atoms with Crippen molar-refractivity contribution in [1.29, 1.82) is 0 Å². The molecule has 0 aliphatic heterocycles. The number of benzene rings is 2. The summed E-state index contributed by atoms with van der Waals surface area (Å²) < 4.78 is 0. The Labute approximate surface area is 119 Å². The zero-order valence-electron chi connectivity index (χ0n) is 11.5. The second-order valence-corrected chi connectivity index (χ2v) is 5.89. The summed E-state index contributed by atoms with van der Waals surface area (Å²) in [6.45, 7) is 2.20. The molecule has 0 saturated carbocycles. The van der Waals surface area contributed by atoms with Crippen LogP contribution in [-0.4, -0.2) is 24.1 Å². The van der Waals surface area contributed by atoms with Crippen molar-refractivity contribution in [3.05, 3.63) is 54.1 Å². The first-order valence-electron chi connectivity index (χ1n) is 6.30. The Morgan fingerprint density at radius 2 is 1.79 bits per heavy atom. The Kier molecular flexibility index (Phi) is 4.51. The molecule has 2 nitrogen and oxygen atoms in total. The van der Waals surface area contributed by atoms with Gasteiger partial charge in [-0.2, -0.15) is 0 Å². The second-order valence-electron chi connectivity index (χ2n) is 4.78. The van der Waals surface area contributed by atoms with Crippen molar-refractivity contribution in [3.63, 3.8) is 0 Å². The highest BCUT2D eigenvalue weighted by molar-refractivity contribution is 7.99. The number of nitrogens with zero attached hydrogens (tertiary/aromatic N) is 1. The Morgan fingerprint density at radius 1 is 1.05 bits per heavy atom. The van der Waals surface area contributed by atoms with Gasteiger partial charge in [0, 0.05) is 15.8 Å². The molecule has 2 rings (SSSR count). The first kappa shape index (κ1) is 14.0. The monoisotopic (exact) mass is 273 g/mol. The van der Waals surface area contributed by atoms with E-state index in [9.17, 15) is 5.11 Å². The highest BCUT2D eigenvalue weighted by atomic mass is 32.2. The van der Waals surface area contributed by atoms with E-state index in [0.717, 1.165) is 4.90 Å². The molecular formula is C16H19NOS. The van der Waals surface area contributed by atoms with Crippen molar-refractivity contribution in [3.8, 4) is 5.75 Å². The summed E-state index contributed by atoms with van der Waals surface area (Å²) in [5.41, 5.74) is 1.31. The molecule has 1 atom stereocenters. The van der Waals surface area contributed by atoms with E-state index in [1.165, 1.54) is 10.5 Å². The molecule has 0 fully saturated rings. The van der Waals surface area contributed by atoms with Crippen LogP contribution in [-0.2, 0) is 0 Å². The Hall–Kier alpha value is -1.45. The van der Waals surface area contributed by atoms with Gasteiger partial charge in [-0.1, -0.05) is 36.0 Å². The van der Waals surface area contributed by atoms with E-state index < -0.39 is 0 Å². The van der Waals surface area contributed by atoms with Gasteiger partial charge in [-0.15, -0.1) is 0 Å². The van der Waals surface area contributed by atoms with Crippen LogP contribution in [0.2, 0.25) is 0 Å². The second kappa shape index (κ2) is 6.13. The smallest absolute Gasteiger partial charge is 0.116 e. The van der Waals surface area contributed by atoms with Crippen LogP contribution in [0.1, 0.15) is 18.5 Å². The predicted octanol–water partition coefficient (Wildman–Crippen LogP) is 4.17. The van der Waals surface area contributed by atoms with Gasteiger partial charge in [0.15, 0.2) is 0 Å². The average molecular weight is 273 g/mol. The van der Waals surface area contributed by atoms with Crippen molar-refractivity contribution < 1.29 is 5.11 Å². The van der Waals surface area contributed by atoms with E-state index in [1.54, 1.807) is 23.9 Å². The van der Waals surface area contributed by atoms with Crippen LogP contribution >= 0.6 is 11.8 Å². The molecule has 0 radical (unpaired) electrons. The van der Waals surface area contributed by atoms with E-state index >= 15 is 0 Å². The minimum Gasteiger partial charge on any atom is -0.508 e. The van der Waals surface area contributed by atoms with E-state index in [1.807, 2.05) is 12.1 Å². The molecular weight excluding hydrogens is 254 g/mol. The third-order valence-corrected chi connectivity index (χ3v) is 4.27. The van der Waals surface area contributed by atoms with Crippen LogP contribution in [0, 0.1) is 0 Å². The molecule has 0 aliphatic rings. The van der Waals surface area contributed by atoms with Gasteiger partial charge in [0.05, 0.1) is 0 Å². The van der Waals surface area contributed by atoms with Gasteiger partial charge in [-0.25, -0.2) is 0 Å². The van der Waals surface area contributed by atoms with Gasteiger partial charge in [-0.3, -0.25) is 0 Å². The van der Waals surface area contributed by atoms with E-state index in [0.29, 0.717) is 11.8 Å². The molecule has 0 amide bonds. The molecule has 2 aromatic rings. The summed E-state index contributed by atoms with van der Waals surface area (Å²) >= 11 is 1.69. The maximum Gasteiger partial charge on any atom is 0.116 e. The van der Waals surface area contributed by atoms with Crippen molar-refractivity contribution in [2.75, 3.05) is 14.1 Å². The highest BCUT2D eigenvalue weighted by Crippen LogP contribution is 2.35. The summed E-state index contributed by atoms with van der Waals surface area (Å²) in [6, 6.07) is 16.1. The third-order valence-electron chi connectivity index (χ3n) is 3.19. The molecule has 1 N–H and O–H groups in total. The Balaban J connectivity index is 2.30. The minimum absolute atomic E-state index is 0.308. The minimum atomic E-state index is 0.308. The molecule has 3 heteroatoms. The van der Waals surface area contributed by atoms with Crippen molar-refractivity contribution >= 4 is 11.8 Å². The van der Waals surface area contributed by atoms with Gasteiger partial charge in [0.25, 0.3) is 0 Å². The zero-order chi connectivity index (χ0) is 13.8. The predicted molar refractivity (Wildman–Crippen MR) is 80.8 cm³/mol. The first-order valence-corrected chi connectivity index (χ1v) is 7.12. The van der Waals surface area contributed by atoms with E-state index in [4.69, 9.17) is 0 Å². The summed E-state index contributed by atoms with van der Waals surface area (Å²) in [6.07, 6.45) is 0. The number of hydrogen-bond acceptors (Lipinski definition) is 3. The molecule has 0 aliphatic carbocycles.